The highest BCUT2D eigenvalue weighted by Gasteiger charge is 2.44. The zero-order valence-electron chi connectivity index (χ0n) is 86.2. The van der Waals surface area contributed by atoms with E-state index < -0.39 is 356 Å². The first-order chi connectivity index (χ1) is 70.3. The topological polar surface area (TPSA) is 849 Å². The van der Waals surface area contributed by atoms with Crippen LogP contribution in [0.3, 0.4) is 0 Å². The molecule has 1 fully saturated rings. The van der Waals surface area contributed by atoms with Gasteiger partial charge in [-0.1, -0.05) is 104 Å². The van der Waals surface area contributed by atoms with E-state index in [1.807, 2.05) is 0 Å². The number of hydrogen-bond donors (Lipinski definition) is 29. The molecule has 22 atom stereocenters. The highest BCUT2D eigenvalue weighted by molar-refractivity contribution is 7.98. The number of benzene rings is 2. The van der Waals surface area contributed by atoms with Crippen molar-refractivity contribution < 1.29 is 151 Å². The maximum atomic E-state index is 14.8. The predicted molar refractivity (Wildman–Crippen MR) is 542 cm³/mol. The van der Waals surface area contributed by atoms with Crippen LogP contribution in [-0.4, -0.2) is 347 Å². The van der Waals surface area contributed by atoms with Gasteiger partial charge in [0, 0.05) is 44.4 Å². The predicted octanol–water partition coefficient (Wildman–Crippen LogP) is -7.90. The fourth-order valence-electron chi connectivity index (χ4n) is 15.0. The molecule has 0 saturated carbocycles. The molecule has 0 radical (unpaired) electrons. The number of nitrogens with two attached hydrogens (primary N) is 3. The van der Waals surface area contributed by atoms with Gasteiger partial charge in [0.05, 0.1) is 31.8 Å². The average molecular weight is 2160 g/mol. The molecule has 0 aliphatic carbocycles. The maximum absolute atomic E-state index is 14.8. The van der Waals surface area contributed by atoms with Crippen LogP contribution in [0.15, 0.2) is 54.6 Å². The molecule has 21 amide bonds. The van der Waals surface area contributed by atoms with Crippen molar-refractivity contribution in [2.75, 3.05) is 37.5 Å². The number of carbonyl (C=O) groups is 24. The number of hydrogen-bond acceptors (Lipinski definition) is 31. The van der Waals surface area contributed by atoms with Crippen molar-refractivity contribution in [2.24, 2.45) is 40.9 Å². The molecule has 0 unspecified atom stereocenters. The van der Waals surface area contributed by atoms with Crippen molar-refractivity contribution in [3.05, 3.63) is 65.7 Å². The van der Waals surface area contributed by atoms with Crippen molar-refractivity contribution in [2.45, 2.75) is 313 Å². The van der Waals surface area contributed by atoms with Crippen LogP contribution >= 0.6 is 24.4 Å². The van der Waals surface area contributed by atoms with E-state index in [2.05, 4.69) is 108 Å². The Labute approximate surface area is 876 Å². The van der Waals surface area contributed by atoms with Crippen molar-refractivity contribution in [1.29, 1.82) is 0 Å². The second kappa shape index (κ2) is 65.1. The van der Waals surface area contributed by atoms with Gasteiger partial charge in [0.2, 0.25) is 124 Å². The van der Waals surface area contributed by atoms with E-state index >= 15 is 0 Å². The number of aliphatic hydroxyl groups is 3. The number of aliphatic hydroxyl groups excluding tert-OH is 3. The summed E-state index contributed by atoms with van der Waals surface area (Å²) in [4.78, 5) is 329. The Bertz CT molecular complexity index is 5000. The number of carboxylic acids is 3. The number of rotatable bonds is 67. The van der Waals surface area contributed by atoms with Gasteiger partial charge in [0.25, 0.3) is 0 Å². The van der Waals surface area contributed by atoms with Crippen LogP contribution in [0.5, 0.6) is 5.75 Å². The van der Waals surface area contributed by atoms with Gasteiger partial charge >= 0.3 is 17.9 Å². The molecular formula is C95H148N22O31S2. The number of aliphatic carboxylic acids is 3. The molecule has 3 rings (SSSR count). The highest BCUT2D eigenvalue weighted by atomic mass is 32.2. The summed E-state index contributed by atoms with van der Waals surface area (Å²) in [6.07, 6.45) is -5.05. The zero-order valence-corrected chi connectivity index (χ0v) is 87.9. The lowest BCUT2D eigenvalue weighted by molar-refractivity contribution is -0.146. The third kappa shape index (κ3) is 45.2. The summed E-state index contributed by atoms with van der Waals surface area (Å²) in [5, 5.41) is 113. The summed E-state index contributed by atoms with van der Waals surface area (Å²) >= 11 is 5.48. The number of thioether (sulfide) groups is 1. The molecule has 0 bridgehead atoms. The third-order valence-electron chi connectivity index (χ3n) is 23.8. The van der Waals surface area contributed by atoms with Gasteiger partial charge < -0.3 is 154 Å². The van der Waals surface area contributed by atoms with Gasteiger partial charge in [0.1, 0.15) is 115 Å². The maximum Gasteiger partial charge on any atom is 0.328 e. The van der Waals surface area contributed by atoms with Crippen molar-refractivity contribution in [3.8, 4) is 5.75 Å². The smallest absolute Gasteiger partial charge is 0.328 e. The molecule has 1 heterocycles. The number of primary amides is 2. The van der Waals surface area contributed by atoms with Crippen LogP contribution in [0.2, 0.25) is 0 Å². The second-order valence-electron chi connectivity index (χ2n) is 37.8. The standard InChI is InChI=1S/C95H148N22O31S2/c1-15-47(8)74(115-83(135)58(29-32-72(126)127)102-76(128)48(9)96)93(145)101-51(12)77(129)103-59(33-35-150-14)80(132)99-50(11)79(131)111-65(41-118)89(141)109-63(39-54-23-25-55(121)26-24-54)87(139)113-67(43-149)90(142)112-66(42-119)88(140)105-57(28-31-71(124)125)82(134)106-61(37-45(4)5)85(137)104-56(27-30-69(97)122)81(133)108-62(38-53-20-17-16-18-21-53)86(138)107-60(36-44(2)3)84(136)100-49(10)78(130)110-64(40-70(98)123)94(146)117-34-19-22-68(117)91(143)114-73(46(6)7)92(144)116-75(52(13)120)95(147)148/h16-18,20-21,23-26,44-52,56-68,73-75,118-121,149H,15,19,22,27-43,96H2,1-14H3,(H2,97,122)(H2,98,123)(H,99,132)(H,100,136)(H,101,145)(H,102,128)(H,103,129)(H,104,137)(H,105,140)(H,106,134)(H,107,138)(H,108,133)(H,109,141)(H,110,130)(H,111,131)(H,112,142)(H,113,139)(H,114,143)(H,115,135)(H,116,144)(H,124,125)(H,126,127)(H,147,148)/t47-,48-,49-,50-,51-,52+,56-,57-,58-,59-,60-,61-,62-,63-,64-,65-,66-,67-,68-,73-,74-,75-/m0/s1. The Balaban J connectivity index is 1.88. The van der Waals surface area contributed by atoms with Gasteiger partial charge in [-0.05, 0) is 145 Å². The van der Waals surface area contributed by atoms with Gasteiger partial charge in [-0.25, -0.2) is 4.79 Å². The van der Waals surface area contributed by atoms with Crippen LogP contribution in [0.4, 0.5) is 0 Å². The molecule has 1 saturated heterocycles. The van der Waals surface area contributed by atoms with E-state index in [1.165, 1.54) is 77.6 Å². The Morgan fingerprint density at radius 2 is 0.753 bits per heavy atom. The number of carboxylic acid groups (broad SMARTS) is 3. The Morgan fingerprint density at radius 3 is 1.17 bits per heavy atom. The van der Waals surface area contributed by atoms with E-state index in [0.717, 1.165) is 11.8 Å². The summed E-state index contributed by atoms with van der Waals surface area (Å²) in [6.45, 7) is 16.5. The largest absolute Gasteiger partial charge is 0.508 e. The normalized spacial score (nSPS) is 16.4. The zero-order chi connectivity index (χ0) is 114. The van der Waals surface area contributed by atoms with Gasteiger partial charge in [-0.3, -0.25) is 110 Å². The molecule has 1 aliphatic heterocycles. The average Bonchev–Trinajstić information content (AvgIpc) is 1.66. The van der Waals surface area contributed by atoms with E-state index in [4.69, 9.17) is 17.2 Å². The molecular weight excluding hydrogens is 2010 g/mol. The van der Waals surface area contributed by atoms with Crippen LogP contribution in [0.25, 0.3) is 0 Å². The van der Waals surface area contributed by atoms with Crippen LogP contribution in [0.1, 0.15) is 185 Å². The van der Waals surface area contributed by atoms with Crippen LogP contribution < -0.4 is 113 Å². The first-order valence-corrected chi connectivity index (χ1v) is 50.9. The highest BCUT2D eigenvalue weighted by Crippen LogP contribution is 2.23. The summed E-state index contributed by atoms with van der Waals surface area (Å²) in [7, 11) is 0. The van der Waals surface area contributed by atoms with E-state index in [9.17, 15) is 151 Å². The summed E-state index contributed by atoms with van der Waals surface area (Å²) < 4.78 is 0. The number of carbonyl (C=O) groups excluding carboxylic acids is 21. The van der Waals surface area contributed by atoms with Crippen molar-refractivity contribution >= 4 is 166 Å². The fraction of sp³-hybridized carbons (Fsp3) is 0.621. The Kier molecular flexibility index (Phi) is 56.5. The molecule has 0 spiro atoms. The number of nitrogens with one attached hydrogen (secondary N) is 18. The number of nitrogens with zero attached hydrogens (tertiary/aromatic N) is 1. The van der Waals surface area contributed by atoms with Crippen molar-refractivity contribution in [3.63, 3.8) is 0 Å². The lowest BCUT2D eigenvalue weighted by Crippen LogP contribution is -2.62. The minimum atomic E-state index is -2.06. The molecule has 53 nitrogen and oxygen atoms in total. The lowest BCUT2D eigenvalue weighted by Gasteiger charge is -2.31. The lowest BCUT2D eigenvalue weighted by atomic mass is 9.97. The van der Waals surface area contributed by atoms with Crippen LogP contribution in [0, 0.1) is 23.7 Å². The number of amides is 21. The van der Waals surface area contributed by atoms with E-state index in [-0.39, 0.29) is 68.6 Å². The first kappa shape index (κ1) is 130. The third-order valence-corrected chi connectivity index (χ3v) is 24.8. The first-order valence-electron chi connectivity index (χ1n) is 48.9. The molecule has 0 aromatic heterocycles. The molecule has 2 aromatic rings. The summed E-state index contributed by atoms with van der Waals surface area (Å²) in [5.41, 5.74) is 17.4. The fourth-order valence-corrected chi connectivity index (χ4v) is 15.8. The molecule has 1 aliphatic rings. The molecule has 836 valence electrons. The van der Waals surface area contributed by atoms with E-state index in [1.54, 1.807) is 78.1 Å². The van der Waals surface area contributed by atoms with Crippen LogP contribution in [-0.2, 0) is 128 Å². The monoisotopic (exact) mass is 2160 g/mol. The number of aromatic hydroxyl groups is 1. The number of thiol groups is 1. The van der Waals surface area contributed by atoms with E-state index in [0.29, 0.717) is 12.0 Å². The summed E-state index contributed by atoms with van der Waals surface area (Å²) in [5.74, 6) is -29.2. The molecule has 150 heavy (non-hydrogen) atoms. The van der Waals surface area contributed by atoms with Gasteiger partial charge in [-0.2, -0.15) is 24.4 Å². The summed E-state index contributed by atoms with van der Waals surface area (Å²) in [6, 6.07) is -18.9. The Morgan fingerprint density at radius 1 is 0.400 bits per heavy atom. The molecule has 55 heteroatoms. The Hall–Kier alpha value is -13.9. The van der Waals surface area contributed by atoms with Gasteiger partial charge in [-0.15, -0.1) is 0 Å². The second-order valence-corrected chi connectivity index (χ2v) is 39.1. The molecule has 31 N–H and O–H groups in total. The molecule has 2 aromatic carbocycles. The number of phenols is 1. The minimum absolute atomic E-state index is 0.0303. The van der Waals surface area contributed by atoms with Crippen molar-refractivity contribution in [1.82, 2.24) is 101 Å². The minimum Gasteiger partial charge on any atom is -0.508 e. The number of likely N-dealkylation sites (tertiary alicyclic amines) is 1. The quantitative estimate of drug-likeness (QED) is 0.0274. The number of phenolic OH excluding ortho intramolecular Hbond substituents is 1. The van der Waals surface area contributed by atoms with Gasteiger partial charge in [0.15, 0.2) is 6.04 Å². The SMILES string of the molecule is CC[C@H](C)[C@H](NC(=O)[C@H](CCC(=O)O)NC(=O)[C@H](C)N)C(=O)N[C@@H](C)C(=O)N[C@@H](CCSC)C(=O)N[C@@H](C)C(=O)N[C@@H](CO)C(=O)N[C@@H](Cc1ccc(O)cc1)C(=O)N[C@@H](CS)C(=O)N[C@@H](CO)C(=O)N[C@@H](CCC(=O)O)C(=O)N[C@@H](CC(C)C)C(=O)N[C@@H](CCC(N)=O)C(=O)N[C@@H](Cc1ccccc1)C(=O)N[C@@H](CC(C)C)C(=O)N[C@@H](C)C(=O)N[C@@H](CC(N)=O)C(=O)N1CCC[C@H]1C(=O)N[C@H](C(=O)N[C@H](C(=O)O)[C@@H](C)O)C(C)C.